The van der Waals surface area contributed by atoms with Gasteiger partial charge in [-0.1, -0.05) is 11.6 Å². The van der Waals surface area contributed by atoms with Crippen LogP contribution in [0.15, 0.2) is 36.4 Å². The van der Waals surface area contributed by atoms with Gasteiger partial charge in [-0.15, -0.1) is 0 Å². The Morgan fingerprint density at radius 2 is 2.08 bits per heavy atom. The van der Waals surface area contributed by atoms with Crippen molar-refractivity contribution in [1.29, 1.82) is 5.26 Å². The predicted molar refractivity (Wildman–Crippen MR) is 94.6 cm³/mol. The fraction of sp³-hybridized carbons (Fsp3) is 0.176. The quantitative estimate of drug-likeness (QED) is 0.584. The van der Waals surface area contributed by atoms with E-state index >= 15 is 0 Å². The van der Waals surface area contributed by atoms with Crippen LogP contribution < -0.4 is 14.8 Å². The molecule has 0 fully saturated rings. The van der Waals surface area contributed by atoms with Gasteiger partial charge in [-0.2, -0.15) is 5.26 Å². The van der Waals surface area contributed by atoms with Gasteiger partial charge in [0, 0.05) is 0 Å². The Kier molecular flexibility index (Phi) is 6.36. The van der Waals surface area contributed by atoms with E-state index in [4.69, 9.17) is 26.3 Å². The molecule has 0 atom stereocenters. The van der Waals surface area contributed by atoms with Gasteiger partial charge in [-0.05, 0) is 37.3 Å². The summed E-state index contributed by atoms with van der Waals surface area (Å²) in [4.78, 5) is 22.6. The molecule has 26 heavy (non-hydrogen) atoms. The van der Waals surface area contributed by atoms with Crippen LogP contribution in [-0.4, -0.2) is 24.0 Å². The molecule has 134 valence electrons. The van der Waals surface area contributed by atoms with E-state index in [0.29, 0.717) is 17.9 Å². The molecule has 1 amide bonds. The number of nitro groups is 1. The number of hydrogen-bond acceptors (Lipinski definition) is 6. The standard InChI is InChI=1S/C17H14ClN3O5/c1-2-25-12-4-5-14(15(8-12)21(23)24)20-17(22)10-26-16-6-3-11(9-19)7-13(16)18/h3-8H,2,10H2,1H3,(H,20,22). The minimum atomic E-state index is -0.615. The van der Waals surface area contributed by atoms with Crippen molar-refractivity contribution in [2.75, 3.05) is 18.5 Å². The molecule has 2 aromatic rings. The lowest BCUT2D eigenvalue weighted by Crippen LogP contribution is -2.20. The maximum absolute atomic E-state index is 12.0. The van der Waals surface area contributed by atoms with Crippen LogP contribution in [0.3, 0.4) is 0 Å². The van der Waals surface area contributed by atoms with Gasteiger partial charge in [0.1, 0.15) is 17.2 Å². The summed E-state index contributed by atoms with van der Waals surface area (Å²) in [6.07, 6.45) is 0. The Balaban J connectivity index is 2.06. The lowest BCUT2D eigenvalue weighted by Gasteiger charge is -2.10. The second-order valence-electron chi connectivity index (χ2n) is 4.96. The van der Waals surface area contributed by atoms with Gasteiger partial charge >= 0.3 is 0 Å². The minimum absolute atomic E-state index is 0.0259. The number of nitrogens with one attached hydrogen (secondary N) is 1. The topological polar surface area (TPSA) is 114 Å². The maximum Gasteiger partial charge on any atom is 0.296 e. The van der Waals surface area contributed by atoms with Crippen molar-refractivity contribution in [3.63, 3.8) is 0 Å². The molecule has 2 aromatic carbocycles. The van der Waals surface area contributed by atoms with Crippen molar-refractivity contribution in [3.05, 3.63) is 57.1 Å². The highest BCUT2D eigenvalue weighted by Crippen LogP contribution is 2.29. The Morgan fingerprint density at radius 3 is 2.69 bits per heavy atom. The normalized spacial score (nSPS) is 9.88. The summed E-state index contributed by atoms with van der Waals surface area (Å²) in [5.41, 5.74) is 0.0931. The van der Waals surface area contributed by atoms with Gasteiger partial charge < -0.3 is 14.8 Å². The van der Waals surface area contributed by atoms with Crippen molar-refractivity contribution < 1.29 is 19.2 Å². The first-order valence-corrected chi connectivity index (χ1v) is 7.86. The van der Waals surface area contributed by atoms with Gasteiger partial charge in [0.2, 0.25) is 0 Å². The van der Waals surface area contributed by atoms with Gasteiger partial charge in [-0.3, -0.25) is 14.9 Å². The van der Waals surface area contributed by atoms with Crippen molar-refractivity contribution in [2.45, 2.75) is 6.92 Å². The first-order chi connectivity index (χ1) is 12.4. The Morgan fingerprint density at radius 1 is 1.31 bits per heavy atom. The molecule has 0 saturated carbocycles. The zero-order valence-corrected chi connectivity index (χ0v) is 14.4. The maximum atomic E-state index is 12.0. The van der Waals surface area contributed by atoms with Gasteiger partial charge in [0.15, 0.2) is 6.61 Å². The molecule has 0 saturated heterocycles. The number of halogens is 1. The first kappa shape index (κ1) is 19.0. The second-order valence-corrected chi connectivity index (χ2v) is 5.37. The van der Waals surface area contributed by atoms with Crippen LogP contribution in [0.5, 0.6) is 11.5 Å². The molecule has 0 spiro atoms. The highest BCUT2D eigenvalue weighted by molar-refractivity contribution is 6.32. The van der Waals surface area contributed by atoms with E-state index in [1.807, 2.05) is 6.07 Å². The van der Waals surface area contributed by atoms with Crippen LogP contribution in [0, 0.1) is 21.4 Å². The summed E-state index contributed by atoms with van der Waals surface area (Å²) in [5.74, 6) is -0.0440. The molecule has 0 unspecified atom stereocenters. The number of nitro benzene ring substituents is 1. The molecule has 1 N–H and O–H groups in total. The van der Waals surface area contributed by atoms with Gasteiger partial charge in [0.25, 0.3) is 11.6 Å². The van der Waals surface area contributed by atoms with E-state index in [0.717, 1.165) is 0 Å². The summed E-state index contributed by atoms with van der Waals surface area (Å²) >= 11 is 5.95. The van der Waals surface area contributed by atoms with Crippen LogP contribution in [0.4, 0.5) is 11.4 Å². The van der Waals surface area contributed by atoms with Gasteiger partial charge in [-0.25, -0.2) is 0 Å². The number of carbonyl (C=O) groups is 1. The van der Waals surface area contributed by atoms with E-state index in [1.165, 1.54) is 36.4 Å². The van der Waals surface area contributed by atoms with Crippen molar-refractivity contribution in [3.8, 4) is 17.6 Å². The molecule has 0 aliphatic rings. The summed E-state index contributed by atoms with van der Waals surface area (Å²) in [6, 6.07) is 10.4. The molecule has 0 bridgehead atoms. The first-order valence-electron chi connectivity index (χ1n) is 7.48. The minimum Gasteiger partial charge on any atom is -0.494 e. The number of ether oxygens (including phenoxy) is 2. The van der Waals surface area contributed by atoms with Crippen LogP contribution in [0.25, 0.3) is 0 Å². The number of rotatable bonds is 7. The third-order valence-electron chi connectivity index (χ3n) is 3.17. The molecule has 0 radical (unpaired) electrons. The fourth-order valence-electron chi connectivity index (χ4n) is 2.04. The highest BCUT2D eigenvalue weighted by atomic mass is 35.5. The number of hydrogen-bond donors (Lipinski definition) is 1. The third kappa shape index (κ3) is 4.84. The lowest BCUT2D eigenvalue weighted by atomic mass is 10.2. The van der Waals surface area contributed by atoms with E-state index in [-0.39, 0.29) is 22.1 Å². The number of carbonyl (C=O) groups excluding carboxylic acids is 1. The average Bonchev–Trinajstić information content (AvgIpc) is 2.61. The third-order valence-corrected chi connectivity index (χ3v) is 3.47. The Bertz CT molecular complexity index is 879. The molecule has 8 nitrogen and oxygen atoms in total. The fourth-order valence-corrected chi connectivity index (χ4v) is 2.28. The van der Waals surface area contributed by atoms with E-state index in [2.05, 4.69) is 5.32 Å². The van der Waals surface area contributed by atoms with E-state index in [9.17, 15) is 14.9 Å². The SMILES string of the molecule is CCOc1ccc(NC(=O)COc2ccc(C#N)cc2Cl)c([N+](=O)[O-])c1. The van der Waals surface area contributed by atoms with Crippen molar-refractivity contribution in [1.82, 2.24) is 0 Å². The van der Waals surface area contributed by atoms with Crippen molar-refractivity contribution in [2.24, 2.45) is 0 Å². The number of benzene rings is 2. The molecule has 0 aliphatic heterocycles. The van der Waals surface area contributed by atoms with Crippen molar-refractivity contribution >= 4 is 28.9 Å². The largest absolute Gasteiger partial charge is 0.494 e. The molecule has 9 heteroatoms. The zero-order valence-electron chi connectivity index (χ0n) is 13.7. The number of amides is 1. The molecule has 0 aromatic heterocycles. The van der Waals surface area contributed by atoms with E-state index in [1.54, 1.807) is 6.92 Å². The zero-order chi connectivity index (χ0) is 19.1. The van der Waals surface area contributed by atoms with Crippen LogP contribution >= 0.6 is 11.6 Å². The molecule has 0 heterocycles. The molecular weight excluding hydrogens is 362 g/mol. The molecule has 2 rings (SSSR count). The second kappa shape index (κ2) is 8.69. The number of anilines is 1. The van der Waals surface area contributed by atoms with Crippen LogP contribution in [-0.2, 0) is 4.79 Å². The van der Waals surface area contributed by atoms with Gasteiger partial charge in [0.05, 0.1) is 34.3 Å². The molecule has 0 aliphatic carbocycles. The van der Waals surface area contributed by atoms with Crippen LogP contribution in [0.1, 0.15) is 12.5 Å². The highest BCUT2D eigenvalue weighted by Gasteiger charge is 2.18. The smallest absolute Gasteiger partial charge is 0.296 e. The number of nitriles is 1. The number of nitrogens with zero attached hydrogens (tertiary/aromatic N) is 2. The Hall–Kier alpha value is -3.31. The monoisotopic (exact) mass is 375 g/mol. The molecular formula is C17H14ClN3O5. The van der Waals surface area contributed by atoms with Crippen LogP contribution in [0.2, 0.25) is 5.02 Å². The average molecular weight is 376 g/mol. The Labute approximate surface area is 154 Å². The van der Waals surface area contributed by atoms with E-state index < -0.39 is 17.4 Å². The summed E-state index contributed by atoms with van der Waals surface area (Å²) in [5, 5.41) is 22.6. The predicted octanol–water partition coefficient (Wildman–Crippen LogP) is 3.54. The summed E-state index contributed by atoms with van der Waals surface area (Å²) in [6.45, 7) is 1.71. The summed E-state index contributed by atoms with van der Waals surface area (Å²) in [7, 11) is 0. The lowest BCUT2D eigenvalue weighted by molar-refractivity contribution is -0.384. The summed E-state index contributed by atoms with van der Waals surface area (Å²) < 4.78 is 10.5.